The Bertz CT molecular complexity index is 398. The lowest BCUT2D eigenvalue weighted by Crippen LogP contribution is -2.45. The monoisotopic (exact) mass is 281 g/mol. The van der Waals surface area contributed by atoms with Gasteiger partial charge in [0.05, 0.1) is 19.3 Å². The lowest BCUT2D eigenvalue weighted by Gasteiger charge is -2.25. The molecule has 4 atom stereocenters. The molecule has 0 unspecified atom stereocenters. The van der Waals surface area contributed by atoms with Crippen LogP contribution in [0.4, 0.5) is 0 Å². The molecule has 1 aliphatic rings. The summed E-state index contributed by atoms with van der Waals surface area (Å²) in [5.74, 6) is 0. The molecule has 0 radical (unpaired) electrons. The van der Waals surface area contributed by atoms with E-state index in [1.165, 1.54) is 0 Å². The van der Waals surface area contributed by atoms with Crippen molar-refractivity contribution in [3.63, 3.8) is 0 Å². The molecule has 0 amide bonds. The van der Waals surface area contributed by atoms with E-state index in [1.54, 1.807) is 7.11 Å². The van der Waals surface area contributed by atoms with Gasteiger partial charge in [-0.1, -0.05) is 30.3 Å². The third-order valence-corrected chi connectivity index (χ3v) is 3.54. The van der Waals surface area contributed by atoms with Gasteiger partial charge in [0.15, 0.2) is 6.29 Å². The summed E-state index contributed by atoms with van der Waals surface area (Å²) in [6.45, 7) is 0.859. The Balaban J connectivity index is 1.84. The first kappa shape index (κ1) is 15.4. The zero-order valence-electron chi connectivity index (χ0n) is 12.2. The van der Waals surface area contributed by atoms with Crippen molar-refractivity contribution in [3.8, 4) is 0 Å². The van der Waals surface area contributed by atoms with Crippen molar-refractivity contribution < 1.29 is 19.3 Å². The normalized spacial score (nSPS) is 30.1. The van der Waals surface area contributed by atoms with Crippen LogP contribution in [0.5, 0.6) is 0 Å². The minimum atomic E-state index is -0.620. The number of ether oxygens (including phenoxy) is 3. The van der Waals surface area contributed by atoms with Crippen molar-refractivity contribution in [3.05, 3.63) is 35.9 Å². The van der Waals surface area contributed by atoms with Gasteiger partial charge in [-0.3, -0.25) is 4.90 Å². The fraction of sp³-hybridized carbons (Fsp3) is 0.600. The minimum absolute atomic E-state index is 0.176. The maximum atomic E-state index is 10.3. The number of aliphatic hydroxyl groups is 1. The summed E-state index contributed by atoms with van der Waals surface area (Å²) in [4.78, 5) is 1.91. The molecule has 0 spiro atoms. The van der Waals surface area contributed by atoms with E-state index < -0.39 is 12.4 Å². The highest BCUT2D eigenvalue weighted by atomic mass is 16.7. The van der Waals surface area contributed by atoms with Gasteiger partial charge in [0.25, 0.3) is 0 Å². The van der Waals surface area contributed by atoms with Crippen LogP contribution in [0.1, 0.15) is 5.56 Å². The molecule has 0 bridgehead atoms. The third kappa shape index (κ3) is 3.56. The fourth-order valence-electron chi connectivity index (χ4n) is 2.46. The van der Waals surface area contributed by atoms with Crippen molar-refractivity contribution >= 4 is 0 Å². The van der Waals surface area contributed by atoms with Crippen LogP contribution in [0.2, 0.25) is 0 Å². The molecule has 1 aromatic carbocycles. The van der Waals surface area contributed by atoms with E-state index >= 15 is 0 Å². The summed E-state index contributed by atoms with van der Waals surface area (Å²) < 4.78 is 16.6. The smallest absolute Gasteiger partial charge is 0.175 e. The Kier molecular flexibility index (Phi) is 5.51. The van der Waals surface area contributed by atoms with Gasteiger partial charge in [-0.2, -0.15) is 0 Å². The molecule has 2 rings (SSSR count). The average Bonchev–Trinajstić information content (AvgIpc) is 2.77. The lowest BCUT2D eigenvalue weighted by atomic mass is 10.1. The first-order valence-corrected chi connectivity index (χ1v) is 6.78. The average molecular weight is 281 g/mol. The quantitative estimate of drug-likeness (QED) is 0.838. The second kappa shape index (κ2) is 7.15. The molecule has 5 heteroatoms. The van der Waals surface area contributed by atoms with Gasteiger partial charge in [-0.15, -0.1) is 0 Å². The van der Waals surface area contributed by atoms with Gasteiger partial charge in [-0.05, 0) is 19.7 Å². The molecule has 1 aromatic rings. The third-order valence-electron chi connectivity index (χ3n) is 3.54. The van der Waals surface area contributed by atoms with Crippen molar-refractivity contribution in [2.24, 2.45) is 0 Å². The Hall–Kier alpha value is -0.980. The first-order chi connectivity index (χ1) is 9.63. The maximum Gasteiger partial charge on any atom is 0.175 e. The zero-order chi connectivity index (χ0) is 14.5. The predicted octanol–water partition coefficient (Wildman–Crippen LogP) is 0.866. The molecule has 1 N–H and O–H groups in total. The SMILES string of the molecule is CO[C@@H]1O[C@H](COCc2ccccc2)[C@H](O)[C@H]1N(C)C. The van der Waals surface area contributed by atoms with Crippen LogP contribution in [-0.2, 0) is 20.8 Å². The summed E-state index contributed by atoms with van der Waals surface area (Å²) in [6.07, 6.45) is -1.41. The Morgan fingerprint density at radius 3 is 2.50 bits per heavy atom. The molecule has 0 aliphatic carbocycles. The summed E-state index contributed by atoms with van der Waals surface area (Å²) >= 11 is 0. The van der Waals surface area contributed by atoms with E-state index in [2.05, 4.69) is 0 Å². The molecule has 112 valence electrons. The lowest BCUT2D eigenvalue weighted by molar-refractivity contribution is -0.145. The summed E-state index contributed by atoms with van der Waals surface area (Å²) in [5, 5.41) is 10.3. The Morgan fingerprint density at radius 1 is 1.25 bits per heavy atom. The molecule has 20 heavy (non-hydrogen) atoms. The topological polar surface area (TPSA) is 51.2 Å². The van der Waals surface area contributed by atoms with Crippen LogP contribution in [0.3, 0.4) is 0 Å². The van der Waals surface area contributed by atoms with Gasteiger partial charge < -0.3 is 19.3 Å². The van der Waals surface area contributed by atoms with E-state index in [0.29, 0.717) is 13.2 Å². The minimum Gasteiger partial charge on any atom is -0.388 e. The van der Waals surface area contributed by atoms with Crippen LogP contribution in [0.25, 0.3) is 0 Å². The van der Waals surface area contributed by atoms with Crippen LogP contribution in [-0.4, -0.2) is 62.4 Å². The molecule has 0 saturated carbocycles. The fourth-order valence-corrected chi connectivity index (χ4v) is 2.46. The standard InChI is InChI=1S/C15H23NO4/c1-16(2)13-14(17)12(20-15(13)18-3)10-19-9-11-7-5-4-6-8-11/h4-8,12-15,17H,9-10H2,1-3H3/t12-,13-,14+,15-/m1/s1. The molecular weight excluding hydrogens is 258 g/mol. The molecule has 0 aromatic heterocycles. The van der Waals surface area contributed by atoms with Gasteiger partial charge in [-0.25, -0.2) is 0 Å². The number of hydrogen-bond donors (Lipinski definition) is 1. The van der Waals surface area contributed by atoms with Gasteiger partial charge >= 0.3 is 0 Å². The van der Waals surface area contributed by atoms with E-state index in [1.807, 2.05) is 49.3 Å². The summed E-state index contributed by atoms with van der Waals surface area (Å²) in [6, 6.07) is 9.76. The molecule has 1 saturated heterocycles. The number of methoxy groups -OCH3 is 1. The first-order valence-electron chi connectivity index (χ1n) is 6.78. The largest absolute Gasteiger partial charge is 0.388 e. The number of nitrogens with zero attached hydrogens (tertiary/aromatic N) is 1. The predicted molar refractivity (Wildman–Crippen MR) is 75.2 cm³/mol. The highest BCUT2D eigenvalue weighted by molar-refractivity contribution is 5.13. The number of aliphatic hydroxyl groups excluding tert-OH is 1. The second-order valence-corrected chi connectivity index (χ2v) is 5.22. The van der Waals surface area contributed by atoms with Crippen molar-refractivity contribution in [2.75, 3.05) is 27.8 Å². The molecular formula is C15H23NO4. The van der Waals surface area contributed by atoms with Crippen molar-refractivity contribution in [1.82, 2.24) is 4.90 Å². The number of likely N-dealkylation sites (N-methyl/N-ethyl adjacent to an activating group) is 1. The van der Waals surface area contributed by atoms with Crippen LogP contribution < -0.4 is 0 Å². The van der Waals surface area contributed by atoms with Crippen LogP contribution in [0.15, 0.2) is 30.3 Å². The zero-order valence-corrected chi connectivity index (χ0v) is 12.2. The van der Waals surface area contributed by atoms with E-state index in [9.17, 15) is 5.11 Å². The molecule has 1 heterocycles. The highest BCUT2D eigenvalue weighted by Crippen LogP contribution is 2.25. The van der Waals surface area contributed by atoms with Crippen LogP contribution in [0, 0.1) is 0 Å². The van der Waals surface area contributed by atoms with Crippen LogP contribution >= 0.6 is 0 Å². The number of benzene rings is 1. The van der Waals surface area contributed by atoms with E-state index in [-0.39, 0.29) is 12.1 Å². The van der Waals surface area contributed by atoms with Crippen molar-refractivity contribution in [1.29, 1.82) is 0 Å². The Morgan fingerprint density at radius 2 is 1.95 bits per heavy atom. The van der Waals surface area contributed by atoms with Gasteiger partial charge in [0.1, 0.15) is 12.2 Å². The maximum absolute atomic E-state index is 10.3. The number of rotatable bonds is 6. The Labute approximate surface area is 120 Å². The highest BCUT2D eigenvalue weighted by Gasteiger charge is 2.45. The molecule has 1 fully saturated rings. The summed E-state index contributed by atoms with van der Waals surface area (Å²) in [5.41, 5.74) is 1.10. The van der Waals surface area contributed by atoms with Crippen molar-refractivity contribution in [2.45, 2.75) is 31.1 Å². The molecule has 5 nitrogen and oxygen atoms in total. The van der Waals surface area contributed by atoms with Gasteiger partial charge in [0.2, 0.25) is 0 Å². The van der Waals surface area contributed by atoms with E-state index in [4.69, 9.17) is 14.2 Å². The second-order valence-electron chi connectivity index (χ2n) is 5.22. The van der Waals surface area contributed by atoms with E-state index in [0.717, 1.165) is 5.56 Å². The van der Waals surface area contributed by atoms with Gasteiger partial charge in [0, 0.05) is 7.11 Å². The number of hydrogen-bond acceptors (Lipinski definition) is 5. The molecule has 1 aliphatic heterocycles. The summed E-state index contributed by atoms with van der Waals surface area (Å²) in [7, 11) is 5.38.